The van der Waals surface area contributed by atoms with Crippen LogP contribution in [0.15, 0.2) is 71.7 Å². The van der Waals surface area contributed by atoms with E-state index in [2.05, 4.69) is 32.7 Å². The van der Waals surface area contributed by atoms with Crippen LogP contribution in [0.3, 0.4) is 0 Å². The molecule has 0 bridgehead atoms. The highest BCUT2D eigenvalue weighted by Crippen LogP contribution is 2.33. The third-order valence-corrected chi connectivity index (χ3v) is 7.28. The molecule has 3 aromatic rings. The Bertz CT molecular complexity index is 1290. The Morgan fingerprint density at radius 1 is 1.05 bits per heavy atom. The summed E-state index contributed by atoms with van der Waals surface area (Å²) in [6.07, 6.45) is 5.57. The molecule has 190 valence electrons. The van der Waals surface area contributed by atoms with Crippen molar-refractivity contribution >= 4 is 29.4 Å². The minimum Gasteiger partial charge on any atom is -0.346 e. The van der Waals surface area contributed by atoms with Gasteiger partial charge in [-0.2, -0.15) is 0 Å². The number of likely N-dealkylation sites (tertiary alicyclic amines) is 1. The van der Waals surface area contributed by atoms with Gasteiger partial charge in [0.1, 0.15) is 5.92 Å². The maximum Gasteiger partial charge on any atom is 0.251 e. The van der Waals surface area contributed by atoms with E-state index >= 15 is 0 Å². The molecule has 0 aliphatic carbocycles. The van der Waals surface area contributed by atoms with Crippen molar-refractivity contribution in [1.29, 1.82) is 0 Å². The molecule has 1 fully saturated rings. The zero-order chi connectivity index (χ0) is 25.8. The van der Waals surface area contributed by atoms with E-state index in [0.717, 1.165) is 29.0 Å². The van der Waals surface area contributed by atoms with Crippen LogP contribution < -0.4 is 10.6 Å². The quantitative estimate of drug-likeness (QED) is 0.401. The van der Waals surface area contributed by atoms with Gasteiger partial charge in [0.15, 0.2) is 0 Å². The predicted octanol–water partition coefficient (Wildman–Crippen LogP) is 5.91. The van der Waals surface area contributed by atoms with Gasteiger partial charge in [-0.1, -0.05) is 48.4 Å². The molecule has 2 unspecified atom stereocenters. The van der Waals surface area contributed by atoms with Crippen LogP contribution in [0.5, 0.6) is 0 Å². The van der Waals surface area contributed by atoms with Crippen LogP contribution in [0, 0.1) is 6.92 Å². The number of aryl methyl sites for hydroxylation is 1. The third kappa shape index (κ3) is 5.97. The van der Waals surface area contributed by atoms with Gasteiger partial charge >= 0.3 is 0 Å². The molecular weight excluding hydrogens is 460 g/mol. The number of anilines is 1. The second-order valence-corrected chi connectivity index (χ2v) is 10.2. The minimum absolute atomic E-state index is 0.128. The number of rotatable bonds is 7. The summed E-state index contributed by atoms with van der Waals surface area (Å²) < 4.78 is 0. The van der Waals surface area contributed by atoms with Crippen molar-refractivity contribution < 1.29 is 9.59 Å². The Morgan fingerprint density at radius 2 is 1.78 bits per heavy atom. The molecule has 5 rings (SSSR count). The minimum atomic E-state index is -0.537. The molecule has 2 N–H and O–H groups in total. The SMILES string of the molecule is Cc1ccc(C(C)NC(=O)c2ccc3c(c2)C(C=Nc2ccc(CN4CCCCC4)cc2)C(=O)N3)cc1. The van der Waals surface area contributed by atoms with Crippen molar-refractivity contribution in [2.24, 2.45) is 4.99 Å². The molecule has 37 heavy (non-hydrogen) atoms. The smallest absolute Gasteiger partial charge is 0.251 e. The van der Waals surface area contributed by atoms with Crippen LogP contribution in [0.1, 0.15) is 70.8 Å². The highest BCUT2D eigenvalue weighted by atomic mass is 16.2. The fourth-order valence-corrected chi connectivity index (χ4v) is 5.02. The summed E-state index contributed by atoms with van der Waals surface area (Å²) in [7, 11) is 0. The van der Waals surface area contributed by atoms with Gasteiger partial charge in [0.25, 0.3) is 5.91 Å². The normalized spacial score (nSPS) is 18.4. The molecule has 2 aliphatic rings. The number of amides is 2. The summed E-state index contributed by atoms with van der Waals surface area (Å²) in [6.45, 7) is 7.31. The zero-order valence-corrected chi connectivity index (χ0v) is 21.5. The molecule has 1 saturated heterocycles. The standard InChI is InChI=1S/C31H34N4O2/c1-21-6-10-24(11-7-21)22(2)33-30(36)25-12-15-29-27(18-25)28(31(37)34-29)19-32-26-13-8-23(9-14-26)20-35-16-4-3-5-17-35/h6-15,18-19,22,28H,3-5,16-17,20H2,1-2H3,(H,33,36)(H,34,37). The van der Waals surface area contributed by atoms with Gasteiger partial charge in [-0.05, 0) is 86.8 Å². The number of fused-ring (bicyclic) bond motifs is 1. The summed E-state index contributed by atoms with van der Waals surface area (Å²) in [6, 6.07) is 21.6. The molecule has 0 aromatic heterocycles. The van der Waals surface area contributed by atoms with Gasteiger partial charge in [-0.3, -0.25) is 19.5 Å². The fourth-order valence-electron chi connectivity index (χ4n) is 5.02. The average molecular weight is 495 g/mol. The first-order valence-corrected chi connectivity index (χ1v) is 13.1. The first kappa shape index (κ1) is 24.9. The maximum atomic E-state index is 13.0. The van der Waals surface area contributed by atoms with E-state index in [1.54, 1.807) is 24.4 Å². The van der Waals surface area contributed by atoms with Gasteiger partial charge < -0.3 is 10.6 Å². The van der Waals surface area contributed by atoms with E-state index in [9.17, 15) is 9.59 Å². The number of hydrogen-bond acceptors (Lipinski definition) is 4. The van der Waals surface area contributed by atoms with Crippen molar-refractivity contribution in [2.75, 3.05) is 18.4 Å². The number of carbonyl (C=O) groups is 2. The van der Waals surface area contributed by atoms with Gasteiger partial charge in [-0.25, -0.2) is 0 Å². The lowest BCUT2D eigenvalue weighted by molar-refractivity contribution is -0.115. The molecule has 6 nitrogen and oxygen atoms in total. The van der Waals surface area contributed by atoms with Crippen LogP contribution in [-0.4, -0.2) is 36.0 Å². The number of carbonyl (C=O) groups excluding carboxylic acids is 2. The Morgan fingerprint density at radius 3 is 2.51 bits per heavy atom. The van der Waals surface area contributed by atoms with Crippen LogP contribution in [0.25, 0.3) is 0 Å². The molecule has 2 amide bonds. The van der Waals surface area contributed by atoms with Crippen LogP contribution in [0.2, 0.25) is 0 Å². The van der Waals surface area contributed by atoms with E-state index in [0.29, 0.717) is 5.56 Å². The molecule has 0 saturated carbocycles. The van der Waals surface area contributed by atoms with Crippen molar-refractivity contribution in [1.82, 2.24) is 10.2 Å². The zero-order valence-electron chi connectivity index (χ0n) is 21.5. The second kappa shape index (κ2) is 11.1. The number of hydrogen-bond donors (Lipinski definition) is 2. The van der Waals surface area contributed by atoms with Crippen LogP contribution >= 0.6 is 0 Å². The van der Waals surface area contributed by atoms with Gasteiger partial charge in [0.2, 0.25) is 5.91 Å². The lowest BCUT2D eigenvalue weighted by atomic mass is 9.99. The second-order valence-electron chi connectivity index (χ2n) is 10.2. The first-order chi connectivity index (χ1) is 18.0. The molecule has 2 heterocycles. The number of nitrogens with zero attached hydrogens (tertiary/aromatic N) is 2. The lowest BCUT2D eigenvalue weighted by Gasteiger charge is -2.26. The summed E-state index contributed by atoms with van der Waals surface area (Å²) in [4.78, 5) is 32.8. The predicted molar refractivity (Wildman–Crippen MR) is 149 cm³/mol. The average Bonchev–Trinajstić information content (AvgIpc) is 3.23. The number of aliphatic imine (C=N–C) groups is 1. The van der Waals surface area contributed by atoms with Crippen molar-refractivity contribution in [2.45, 2.75) is 51.6 Å². The Hall–Kier alpha value is -3.77. The van der Waals surface area contributed by atoms with Gasteiger partial charge in [0, 0.05) is 24.0 Å². The summed E-state index contributed by atoms with van der Waals surface area (Å²) in [5.41, 5.74) is 6.33. The van der Waals surface area contributed by atoms with E-state index in [4.69, 9.17) is 0 Å². The molecule has 6 heteroatoms. The van der Waals surface area contributed by atoms with E-state index < -0.39 is 5.92 Å². The van der Waals surface area contributed by atoms with E-state index in [-0.39, 0.29) is 17.9 Å². The van der Waals surface area contributed by atoms with Gasteiger partial charge in [-0.15, -0.1) is 0 Å². The molecule has 3 aromatic carbocycles. The summed E-state index contributed by atoms with van der Waals surface area (Å²) >= 11 is 0. The molecular formula is C31H34N4O2. The molecule has 2 atom stereocenters. The van der Waals surface area contributed by atoms with Crippen LogP contribution in [0.4, 0.5) is 11.4 Å². The summed E-state index contributed by atoms with van der Waals surface area (Å²) in [5.74, 6) is -0.841. The maximum absolute atomic E-state index is 13.0. The molecule has 0 spiro atoms. The summed E-state index contributed by atoms with van der Waals surface area (Å²) in [5, 5.41) is 5.97. The van der Waals surface area contributed by atoms with Gasteiger partial charge in [0.05, 0.1) is 11.7 Å². The highest BCUT2D eigenvalue weighted by molar-refractivity contribution is 6.13. The fraction of sp³-hybridized carbons (Fsp3) is 0.323. The Balaban J connectivity index is 1.26. The lowest BCUT2D eigenvalue weighted by Crippen LogP contribution is -2.28. The van der Waals surface area contributed by atoms with Crippen molar-refractivity contribution in [3.63, 3.8) is 0 Å². The van der Waals surface area contributed by atoms with Crippen molar-refractivity contribution in [3.8, 4) is 0 Å². The van der Waals surface area contributed by atoms with Crippen molar-refractivity contribution in [3.05, 3.63) is 94.5 Å². The van der Waals surface area contributed by atoms with Crippen LogP contribution in [-0.2, 0) is 11.3 Å². The van der Waals surface area contributed by atoms with E-state index in [1.165, 1.54) is 43.5 Å². The highest BCUT2D eigenvalue weighted by Gasteiger charge is 2.30. The first-order valence-electron chi connectivity index (χ1n) is 13.1. The number of nitrogens with one attached hydrogen (secondary N) is 2. The largest absolute Gasteiger partial charge is 0.346 e. The topological polar surface area (TPSA) is 73.8 Å². The molecule has 0 radical (unpaired) electrons. The monoisotopic (exact) mass is 494 g/mol. The van der Waals surface area contributed by atoms with E-state index in [1.807, 2.05) is 50.2 Å². The number of piperidine rings is 1. The molecule has 2 aliphatic heterocycles. The Labute approximate surface area is 218 Å². The third-order valence-electron chi connectivity index (χ3n) is 7.28. The number of benzene rings is 3. The Kier molecular flexibility index (Phi) is 7.47.